The Morgan fingerprint density at radius 3 is 2.69 bits per heavy atom. The third-order valence-electron chi connectivity index (χ3n) is 4.75. The van der Waals surface area contributed by atoms with Crippen molar-refractivity contribution in [2.45, 2.75) is 52.2 Å². The van der Waals surface area contributed by atoms with Gasteiger partial charge in [0.15, 0.2) is 6.10 Å². The number of fused-ring (bicyclic) bond motifs is 1. The van der Waals surface area contributed by atoms with Gasteiger partial charge in [0.2, 0.25) is 0 Å². The first-order valence-corrected chi connectivity index (χ1v) is 9.45. The lowest BCUT2D eigenvalue weighted by Crippen LogP contribution is -2.36. The molecule has 0 spiro atoms. The van der Waals surface area contributed by atoms with Gasteiger partial charge in [-0.3, -0.25) is 4.79 Å². The molecule has 0 fully saturated rings. The van der Waals surface area contributed by atoms with Crippen LogP contribution in [0.3, 0.4) is 0 Å². The standard InChI is InChI=1S/C22H27NO3/c1-3-25-20-13-7-5-10-18(20)15-23-22(24)16(2)26-21-14-8-11-17-9-4-6-12-19(17)21/h5,7-8,10-11,13-14,16H,3-4,6,9,12,15H2,1-2H3,(H,23,24)/t16-/m1/s1. The molecule has 1 N–H and O–H groups in total. The quantitative estimate of drug-likeness (QED) is 0.817. The Morgan fingerprint density at radius 2 is 1.85 bits per heavy atom. The van der Waals surface area contributed by atoms with Crippen molar-refractivity contribution < 1.29 is 14.3 Å². The molecule has 4 heteroatoms. The van der Waals surface area contributed by atoms with Crippen LogP contribution in [0.4, 0.5) is 0 Å². The van der Waals surface area contributed by atoms with Crippen LogP contribution < -0.4 is 14.8 Å². The van der Waals surface area contributed by atoms with E-state index in [9.17, 15) is 4.79 Å². The first kappa shape index (κ1) is 18.3. The summed E-state index contributed by atoms with van der Waals surface area (Å²) < 4.78 is 11.6. The molecular formula is C22H27NO3. The topological polar surface area (TPSA) is 47.6 Å². The largest absolute Gasteiger partial charge is 0.494 e. The maximum Gasteiger partial charge on any atom is 0.261 e. The van der Waals surface area contributed by atoms with Gasteiger partial charge in [0, 0.05) is 12.1 Å². The number of nitrogens with one attached hydrogen (secondary N) is 1. The highest BCUT2D eigenvalue weighted by Crippen LogP contribution is 2.30. The summed E-state index contributed by atoms with van der Waals surface area (Å²) in [7, 11) is 0. The van der Waals surface area contributed by atoms with Crippen LogP contribution in [0.2, 0.25) is 0 Å². The number of carbonyl (C=O) groups excluding carboxylic acids is 1. The number of para-hydroxylation sites is 1. The molecule has 1 atom stereocenters. The van der Waals surface area contributed by atoms with Gasteiger partial charge in [0.25, 0.3) is 5.91 Å². The Hall–Kier alpha value is -2.49. The second kappa shape index (κ2) is 8.75. The zero-order chi connectivity index (χ0) is 18.4. The van der Waals surface area contributed by atoms with Gasteiger partial charge in [0.05, 0.1) is 6.61 Å². The number of aryl methyl sites for hydroxylation is 1. The van der Waals surface area contributed by atoms with Crippen molar-refractivity contribution in [2.75, 3.05) is 6.61 Å². The van der Waals surface area contributed by atoms with E-state index in [2.05, 4.69) is 11.4 Å². The Kier molecular flexibility index (Phi) is 6.16. The summed E-state index contributed by atoms with van der Waals surface area (Å²) in [6.45, 7) is 4.77. The molecule has 26 heavy (non-hydrogen) atoms. The molecule has 0 saturated carbocycles. The molecule has 0 aliphatic heterocycles. The lowest BCUT2D eigenvalue weighted by atomic mass is 9.91. The van der Waals surface area contributed by atoms with E-state index in [4.69, 9.17) is 9.47 Å². The minimum absolute atomic E-state index is 0.121. The van der Waals surface area contributed by atoms with E-state index in [1.54, 1.807) is 6.92 Å². The van der Waals surface area contributed by atoms with Crippen molar-refractivity contribution >= 4 is 5.91 Å². The molecule has 4 nitrogen and oxygen atoms in total. The van der Waals surface area contributed by atoms with E-state index in [-0.39, 0.29) is 5.91 Å². The molecule has 3 rings (SSSR count). The van der Waals surface area contributed by atoms with Crippen molar-refractivity contribution in [1.82, 2.24) is 5.32 Å². The van der Waals surface area contributed by atoms with Crippen LogP contribution in [-0.4, -0.2) is 18.6 Å². The molecule has 1 aliphatic rings. The molecule has 0 saturated heterocycles. The first-order chi connectivity index (χ1) is 12.7. The van der Waals surface area contributed by atoms with E-state index in [1.807, 2.05) is 43.3 Å². The van der Waals surface area contributed by atoms with Gasteiger partial charge >= 0.3 is 0 Å². The SMILES string of the molecule is CCOc1ccccc1CNC(=O)[C@@H](C)Oc1cccc2c1CCCC2. The number of hydrogen-bond acceptors (Lipinski definition) is 3. The number of hydrogen-bond donors (Lipinski definition) is 1. The first-order valence-electron chi connectivity index (χ1n) is 9.45. The second-order valence-electron chi connectivity index (χ2n) is 6.62. The van der Waals surface area contributed by atoms with Crippen LogP contribution >= 0.6 is 0 Å². The summed E-state index contributed by atoms with van der Waals surface area (Å²) in [4.78, 5) is 12.5. The van der Waals surface area contributed by atoms with E-state index >= 15 is 0 Å². The summed E-state index contributed by atoms with van der Waals surface area (Å²) in [5.74, 6) is 1.53. The van der Waals surface area contributed by atoms with E-state index in [1.165, 1.54) is 24.0 Å². The van der Waals surface area contributed by atoms with E-state index in [0.717, 1.165) is 29.9 Å². The van der Waals surface area contributed by atoms with Crippen LogP contribution in [0.15, 0.2) is 42.5 Å². The van der Waals surface area contributed by atoms with Gasteiger partial charge in [-0.15, -0.1) is 0 Å². The zero-order valence-corrected chi connectivity index (χ0v) is 15.6. The van der Waals surface area contributed by atoms with Crippen LogP contribution in [0, 0.1) is 0 Å². The van der Waals surface area contributed by atoms with Crippen molar-refractivity contribution in [3.63, 3.8) is 0 Å². The zero-order valence-electron chi connectivity index (χ0n) is 15.6. The van der Waals surface area contributed by atoms with E-state index < -0.39 is 6.10 Å². The van der Waals surface area contributed by atoms with Gasteiger partial charge in [0.1, 0.15) is 11.5 Å². The highest BCUT2D eigenvalue weighted by Gasteiger charge is 2.19. The third kappa shape index (κ3) is 4.37. The maximum absolute atomic E-state index is 12.5. The maximum atomic E-state index is 12.5. The Balaban J connectivity index is 1.61. The van der Waals surface area contributed by atoms with Crippen molar-refractivity contribution in [1.29, 1.82) is 0 Å². The van der Waals surface area contributed by atoms with Crippen molar-refractivity contribution in [3.05, 3.63) is 59.2 Å². The average molecular weight is 353 g/mol. The average Bonchev–Trinajstić information content (AvgIpc) is 2.67. The highest BCUT2D eigenvalue weighted by molar-refractivity contribution is 5.80. The minimum atomic E-state index is -0.539. The highest BCUT2D eigenvalue weighted by atomic mass is 16.5. The summed E-state index contributed by atoms with van der Waals surface area (Å²) >= 11 is 0. The Bertz CT molecular complexity index is 757. The second-order valence-corrected chi connectivity index (χ2v) is 6.62. The lowest BCUT2D eigenvalue weighted by Gasteiger charge is -2.22. The van der Waals surface area contributed by atoms with Crippen LogP contribution in [0.25, 0.3) is 0 Å². The summed E-state index contributed by atoms with van der Waals surface area (Å²) in [6.07, 6.45) is 4.00. The van der Waals surface area contributed by atoms with Gasteiger partial charge in [-0.25, -0.2) is 0 Å². The number of carbonyl (C=O) groups is 1. The number of benzene rings is 2. The van der Waals surface area contributed by atoms with Gasteiger partial charge in [-0.05, 0) is 62.8 Å². The number of rotatable bonds is 7. The molecule has 0 bridgehead atoms. The molecule has 0 radical (unpaired) electrons. The van der Waals surface area contributed by atoms with Crippen molar-refractivity contribution in [3.8, 4) is 11.5 Å². The molecule has 138 valence electrons. The summed E-state index contributed by atoms with van der Waals surface area (Å²) in [6, 6.07) is 13.9. The van der Waals surface area contributed by atoms with Crippen molar-refractivity contribution in [2.24, 2.45) is 0 Å². The van der Waals surface area contributed by atoms with Gasteiger partial charge in [-0.2, -0.15) is 0 Å². The molecule has 1 amide bonds. The van der Waals surface area contributed by atoms with Gasteiger partial charge < -0.3 is 14.8 Å². The monoisotopic (exact) mass is 353 g/mol. The molecule has 2 aromatic rings. The van der Waals surface area contributed by atoms with E-state index in [0.29, 0.717) is 13.2 Å². The Labute approximate surface area is 155 Å². The normalized spacial score (nSPS) is 14.2. The fourth-order valence-electron chi connectivity index (χ4n) is 3.37. The predicted octanol–water partition coefficient (Wildman–Crippen LogP) is 4.05. The van der Waals surface area contributed by atoms with Crippen LogP contribution in [-0.2, 0) is 24.2 Å². The molecule has 1 aliphatic carbocycles. The van der Waals surface area contributed by atoms with Gasteiger partial charge in [-0.1, -0.05) is 30.3 Å². The smallest absolute Gasteiger partial charge is 0.261 e. The lowest BCUT2D eigenvalue weighted by molar-refractivity contribution is -0.127. The number of amides is 1. The Morgan fingerprint density at radius 1 is 1.08 bits per heavy atom. The number of ether oxygens (including phenoxy) is 2. The van der Waals surface area contributed by atoms with Crippen LogP contribution in [0.5, 0.6) is 11.5 Å². The molecule has 2 aromatic carbocycles. The molecular weight excluding hydrogens is 326 g/mol. The fraction of sp³-hybridized carbons (Fsp3) is 0.409. The summed E-state index contributed by atoms with van der Waals surface area (Å²) in [5, 5.41) is 2.95. The predicted molar refractivity (Wildman–Crippen MR) is 103 cm³/mol. The molecule has 0 unspecified atom stereocenters. The molecule has 0 aromatic heterocycles. The summed E-state index contributed by atoms with van der Waals surface area (Å²) in [5.41, 5.74) is 3.58. The fourth-order valence-corrected chi connectivity index (χ4v) is 3.37. The third-order valence-corrected chi connectivity index (χ3v) is 4.75. The molecule has 0 heterocycles. The van der Waals surface area contributed by atoms with Crippen LogP contribution in [0.1, 0.15) is 43.4 Å². The minimum Gasteiger partial charge on any atom is -0.494 e.